The Morgan fingerprint density at radius 2 is 1.70 bits per heavy atom. The van der Waals surface area contributed by atoms with Crippen molar-refractivity contribution in [3.05, 3.63) is 0 Å². The van der Waals surface area contributed by atoms with Crippen LogP contribution in [0, 0.1) is 5.92 Å². The Balaban J connectivity index is 0.00000676. The third-order valence-electron chi connectivity index (χ3n) is 4.69. The van der Waals surface area contributed by atoms with Crippen LogP contribution in [-0.4, -0.2) is 94.6 Å². The molecule has 0 spiro atoms. The number of hydrogen-bond acceptors (Lipinski definition) is 5. The summed E-state index contributed by atoms with van der Waals surface area (Å²) in [6, 6.07) is 0.0694. The van der Waals surface area contributed by atoms with Gasteiger partial charge in [0.1, 0.15) is 9.84 Å². The zero-order valence-electron chi connectivity index (χ0n) is 17.7. The third kappa shape index (κ3) is 12.8. The van der Waals surface area contributed by atoms with E-state index in [1.807, 2.05) is 13.8 Å². The van der Waals surface area contributed by atoms with Gasteiger partial charge in [0, 0.05) is 58.1 Å². The van der Waals surface area contributed by atoms with Gasteiger partial charge in [-0.2, -0.15) is 0 Å². The molecule has 0 amide bonds. The van der Waals surface area contributed by atoms with Gasteiger partial charge in [-0.25, -0.2) is 8.42 Å². The van der Waals surface area contributed by atoms with Crippen LogP contribution < -0.4 is 10.6 Å². The maximum absolute atomic E-state index is 11.3. The molecular formula is C18H40IN5O2S. The molecule has 9 heteroatoms. The van der Waals surface area contributed by atoms with Gasteiger partial charge >= 0.3 is 0 Å². The van der Waals surface area contributed by atoms with Gasteiger partial charge in [-0.3, -0.25) is 4.99 Å². The summed E-state index contributed by atoms with van der Waals surface area (Å²) >= 11 is 0. The molecule has 0 aromatic carbocycles. The van der Waals surface area contributed by atoms with E-state index in [1.165, 1.54) is 6.26 Å². The van der Waals surface area contributed by atoms with Gasteiger partial charge in [0.15, 0.2) is 5.96 Å². The highest BCUT2D eigenvalue weighted by Crippen LogP contribution is 2.06. The molecule has 2 N–H and O–H groups in total. The average Bonchev–Trinajstić information content (AvgIpc) is 2.58. The predicted molar refractivity (Wildman–Crippen MR) is 126 cm³/mol. The highest BCUT2D eigenvalue weighted by Gasteiger charge is 2.17. The molecule has 2 atom stereocenters. The molecule has 0 bridgehead atoms. The predicted octanol–water partition coefficient (Wildman–Crippen LogP) is 1.26. The van der Waals surface area contributed by atoms with Gasteiger partial charge in [-0.05, 0) is 32.7 Å². The zero-order valence-corrected chi connectivity index (χ0v) is 20.8. The van der Waals surface area contributed by atoms with Crippen molar-refractivity contribution in [1.29, 1.82) is 0 Å². The Morgan fingerprint density at radius 1 is 1.11 bits per heavy atom. The second-order valence-corrected chi connectivity index (χ2v) is 9.78. The minimum atomic E-state index is -2.92. The Kier molecular flexibility index (Phi) is 13.9. The van der Waals surface area contributed by atoms with E-state index in [0.717, 1.165) is 58.3 Å². The van der Waals surface area contributed by atoms with Crippen molar-refractivity contribution in [3.8, 4) is 0 Å². The highest BCUT2D eigenvalue weighted by atomic mass is 127. The van der Waals surface area contributed by atoms with Crippen molar-refractivity contribution in [3.63, 3.8) is 0 Å². The molecule has 1 fully saturated rings. The van der Waals surface area contributed by atoms with Gasteiger partial charge in [0.2, 0.25) is 0 Å². The number of piperazine rings is 1. The van der Waals surface area contributed by atoms with Crippen LogP contribution >= 0.6 is 24.0 Å². The number of likely N-dealkylation sites (N-methyl/N-ethyl adjacent to an activating group) is 1. The normalized spacial score (nSPS) is 19.2. The second kappa shape index (κ2) is 13.9. The monoisotopic (exact) mass is 517 g/mol. The van der Waals surface area contributed by atoms with E-state index in [1.54, 1.807) is 0 Å². The first-order valence-electron chi connectivity index (χ1n) is 9.90. The fourth-order valence-electron chi connectivity index (χ4n) is 3.05. The van der Waals surface area contributed by atoms with Crippen LogP contribution in [0.3, 0.4) is 0 Å². The van der Waals surface area contributed by atoms with Crippen LogP contribution in [0.2, 0.25) is 0 Å². The number of aliphatic imine (C=N–C) groups is 1. The number of hydrogen-bond donors (Lipinski definition) is 2. The minimum Gasteiger partial charge on any atom is -0.357 e. The largest absolute Gasteiger partial charge is 0.357 e. The minimum absolute atomic E-state index is 0. The SMILES string of the molecule is CCNC(=NCC(C)CN1CCN(CC)CC1)NC(C)CCS(C)(=O)=O.I. The summed E-state index contributed by atoms with van der Waals surface area (Å²) in [6.07, 6.45) is 1.86. The van der Waals surface area contributed by atoms with Gasteiger partial charge in [0.25, 0.3) is 0 Å². The van der Waals surface area contributed by atoms with E-state index >= 15 is 0 Å². The van der Waals surface area contributed by atoms with E-state index in [0.29, 0.717) is 12.3 Å². The van der Waals surface area contributed by atoms with E-state index in [9.17, 15) is 8.42 Å². The summed E-state index contributed by atoms with van der Waals surface area (Å²) in [7, 11) is -2.92. The van der Waals surface area contributed by atoms with Gasteiger partial charge < -0.3 is 20.4 Å². The number of halogens is 1. The molecule has 7 nitrogen and oxygen atoms in total. The number of nitrogens with zero attached hydrogens (tertiary/aromatic N) is 3. The van der Waals surface area contributed by atoms with Crippen molar-refractivity contribution in [2.45, 2.75) is 40.2 Å². The standard InChI is InChI=1S/C18H39N5O2S.HI/c1-6-19-18(21-17(4)8-13-26(5,24)25)20-14-16(3)15-23-11-9-22(7-2)10-12-23;/h16-17H,6-15H2,1-5H3,(H2,19,20,21);1H. The molecule has 0 aliphatic carbocycles. The van der Waals surface area contributed by atoms with Crippen LogP contribution in [-0.2, 0) is 9.84 Å². The Labute approximate surface area is 183 Å². The van der Waals surface area contributed by atoms with E-state index in [2.05, 4.69) is 34.3 Å². The summed E-state index contributed by atoms with van der Waals surface area (Å²) in [6.45, 7) is 16.9. The Hall–Kier alpha value is -0.130. The average molecular weight is 518 g/mol. The summed E-state index contributed by atoms with van der Waals surface area (Å²) in [5.74, 6) is 1.46. The van der Waals surface area contributed by atoms with Crippen molar-refractivity contribution in [2.75, 3.05) is 64.4 Å². The molecule has 1 rings (SSSR count). The molecule has 0 aromatic heterocycles. The summed E-state index contributed by atoms with van der Waals surface area (Å²) in [5, 5.41) is 6.57. The molecule has 1 saturated heterocycles. The molecule has 27 heavy (non-hydrogen) atoms. The Morgan fingerprint density at radius 3 is 2.22 bits per heavy atom. The van der Waals surface area contributed by atoms with Crippen molar-refractivity contribution >= 4 is 39.8 Å². The van der Waals surface area contributed by atoms with Crippen molar-refractivity contribution in [2.24, 2.45) is 10.9 Å². The fraction of sp³-hybridized carbons (Fsp3) is 0.944. The number of sulfone groups is 1. The first-order chi connectivity index (χ1) is 12.2. The third-order valence-corrected chi connectivity index (χ3v) is 5.67. The maximum atomic E-state index is 11.3. The lowest BCUT2D eigenvalue weighted by molar-refractivity contribution is 0.125. The molecule has 0 saturated carbocycles. The van der Waals surface area contributed by atoms with Crippen LogP contribution in [0.5, 0.6) is 0 Å². The first-order valence-corrected chi connectivity index (χ1v) is 12.0. The van der Waals surface area contributed by atoms with Gasteiger partial charge in [-0.1, -0.05) is 13.8 Å². The maximum Gasteiger partial charge on any atom is 0.191 e. The van der Waals surface area contributed by atoms with Crippen LogP contribution in [0.15, 0.2) is 4.99 Å². The molecule has 2 unspecified atom stereocenters. The molecule has 1 heterocycles. The molecule has 1 aliphatic heterocycles. The van der Waals surface area contributed by atoms with Crippen molar-refractivity contribution < 1.29 is 8.42 Å². The lowest BCUT2D eigenvalue weighted by Gasteiger charge is -2.35. The van der Waals surface area contributed by atoms with E-state index in [4.69, 9.17) is 4.99 Å². The molecular weight excluding hydrogens is 477 g/mol. The smallest absolute Gasteiger partial charge is 0.191 e. The molecule has 0 radical (unpaired) electrons. The molecule has 0 aromatic rings. The first kappa shape index (κ1) is 26.9. The number of rotatable bonds is 10. The summed E-state index contributed by atoms with van der Waals surface area (Å²) in [5.41, 5.74) is 0. The lowest BCUT2D eigenvalue weighted by Crippen LogP contribution is -2.47. The van der Waals surface area contributed by atoms with E-state index < -0.39 is 9.84 Å². The zero-order chi connectivity index (χ0) is 19.6. The van der Waals surface area contributed by atoms with Crippen LogP contribution in [0.4, 0.5) is 0 Å². The highest BCUT2D eigenvalue weighted by molar-refractivity contribution is 14.0. The summed E-state index contributed by atoms with van der Waals surface area (Å²) in [4.78, 5) is 9.72. The van der Waals surface area contributed by atoms with Gasteiger partial charge in [0.05, 0.1) is 5.75 Å². The topological polar surface area (TPSA) is 77.0 Å². The van der Waals surface area contributed by atoms with Crippen LogP contribution in [0.1, 0.15) is 34.1 Å². The molecule has 1 aliphatic rings. The van der Waals surface area contributed by atoms with Crippen molar-refractivity contribution in [1.82, 2.24) is 20.4 Å². The van der Waals surface area contributed by atoms with Gasteiger partial charge in [-0.15, -0.1) is 24.0 Å². The summed E-state index contributed by atoms with van der Waals surface area (Å²) < 4.78 is 22.6. The fourth-order valence-corrected chi connectivity index (χ4v) is 3.83. The quantitative estimate of drug-likeness (QED) is 0.258. The number of nitrogens with one attached hydrogen (secondary N) is 2. The lowest BCUT2D eigenvalue weighted by atomic mass is 10.1. The Bertz CT molecular complexity index is 522. The van der Waals surface area contributed by atoms with E-state index in [-0.39, 0.29) is 35.8 Å². The number of guanidine groups is 1. The molecule has 162 valence electrons. The van der Waals surface area contributed by atoms with Crippen LogP contribution in [0.25, 0.3) is 0 Å². The second-order valence-electron chi connectivity index (χ2n) is 7.52.